The smallest absolute Gasteiger partial charge is 0.261 e. The molecule has 0 unspecified atom stereocenters. The molecule has 0 radical (unpaired) electrons. The molecule has 5 nitrogen and oxygen atoms in total. The first-order valence-electron chi connectivity index (χ1n) is 9.04. The van der Waals surface area contributed by atoms with Crippen molar-refractivity contribution < 1.29 is 9.53 Å². The monoisotopic (exact) mass is 479 g/mol. The fourth-order valence-electron chi connectivity index (χ4n) is 3.13. The fourth-order valence-corrected chi connectivity index (χ4v) is 4.68. The Hall–Kier alpha value is -1.51. The van der Waals surface area contributed by atoms with Gasteiger partial charge in [-0.05, 0) is 30.3 Å². The van der Waals surface area contributed by atoms with Gasteiger partial charge in [0.05, 0.1) is 34.0 Å². The van der Waals surface area contributed by atoms with Gasteiger partial charge in [-0.3, -0.25) is 14.6 Å². The van der Waals surface area contributed by atoms with Crippen LogP contribution in [0.5, 0.6) is 0 Å². The summed E-state index contributed by atoms with van der Waals surface area (Å²) in [5.41, 5.74) is 1.37. The Morgan fingerprint density at radius 2 is 2.04 bits per heavy atom. The summed E-state index contributed by atoms with van der Waals surface area (Å²) in [5, 5.41) is 1.13. The van der Waals surface area contributed by atoms with Crippen LogP contribution in [0.25, 0.3) is 10.2 Å². The van der Waals surface area contributed by atoms with Gasteiger partial charge in [-0.15, -0.1) is 0 Å². The molecular formula is C20H19BrClN3O2S. The average molecular weight is 481 g/mol. The van der Waals surface area contributed by atoms with Crippen LogP contribution in [0.4, 0.5) is 5.13 Å². The molecule has 4 rings (SSSR count). The molecule has 1 aromatic heterocycles. The van der Waals surface area contributed by atoms with Gasteiger partial charge in [-0.25, -0.2) is 4.98 Å². The van der Waals surface area contributed by atoms with Crippen molar-refractivity contribution in [2.24, 2.45) is 0 Å². The molecule has 2 aromatic carbocycles. The molecule has 146 valence electrons. The predicted octanol–water partition coefficient (Wildman–Crippen LogP) is 4.69. The van der Waals surface area contributed by atoms with E-state index in [4.69, 9.17) is 21.3 Å². The van der Waals surface area contributed by atoms with E-state index >= 15 is 0 Å². The van der Waals surface area contributed by atoms with Gasteiger partial charge in [-0.2, -0.15) is 0 Å². The Labute approximate surface area is 181 Å². The number of morpholine rings is 1. The third-order valence-corrected chi connectivity index (χ3v) is 6.54. The van der Waals surface area contributed by atoms with Crippen molar-refractivity contribution in [2.75, 3.05) is 44.3 Å². The van der Waals surface area contributed by atoms with Gasteiger partial charge in [-0.1, -0.05) is 51.0 Å². The van der Waals surface area contributed by atoms with E-state index < -0.39 is 0 Å². The van der Waals surface area contributed by atoms with Gasteiger partial charge in [0.2, 0.25) is 0 Å². The second kappa shape index (κ2) is 8.88. The van der Waals surface area contributed by atoms with E-state index in [1.807, 2.05) is 30.3 Å². The number of rotatable bonds is 5. The highest BCUT2D eigenvalue weighted by molar-refractivity contribution is 9.10. The van der Waals surface area contributed by atoms with Gasteiger partial charge < -0.3 is 4.74 Å². The zero-order valence-electron chi connectivity index (χ0n) is 15.1. The molecule has 1 saturated heterocycles. The Balaban J connectivity index is 1.65. The lowest BCUT2D eigenvalue weighted by Gasteiger charge is -2.29. The predicted molar refractivity (Wildman–Crippen MR) is 118 cm³/mol. The Morgan fingerprint density at radius 1 is 1.25 bits per heavy atom. The lowest BCUT2D eigenvalue weighted by molar-refractivity contribution is 0.0391. The van der Waals surface area contributed by atoms with E-state index in [-0.39, 0.29) is 5.91 Å². The minimum Gasteiger partial charge on any atom is -0.379 e. The zero-order chi connectivity index (χ0) is 19.5. The van der Waals surface area contributed by atoms with E-state index in [0.717, 1.165) is 47.5 Å². The number of ether oxygens (including phenoxy) is 1. The first-order valence-corrected chi connectivity index (χ1v) is 11.0. The van der Waals surface area contributed by atoms with E-state index in [1.165, 1.54) is 11.3 Å². The molecule has 2 heterocycles. The first-order chi connectivity index (χ1) is 13.6. The van der Waals surface area contributed by atoms with Crippen molar-refractivity contribution in [1.29, 1.82) is 0 Å². The maximum absolute atomic E-state index is 13.4. The van der Waals surface area contributed by atoms with Crippen LogP contribution in [0.2, 0.25) is 5.02 Å². The summed E-state index contributed by atoms with van der Waals surface area (Å²) in [6, 6.07) is 13.2. The number of hydrogen-bond donors (Lipinski definition) is 0. The summed E-state index contributed by atoms with van der Waals surface area (Å²) in [6.07, 6.45) is 0. The van der Waals surface area contributed by atoms with Crippen LogP contribution in [0.1, 0.15) is 10.4 Å². The number of halogens is 2. The highest BCUT2D eigenvalue weighted by Gasteiger charge is 2.24. The second-order valence-electron chi connectivity index (χ2n) is 6.50. The summed E-state index contributed by atoms with van der Waals surface area (Å²) < 4.78 is 7.30. The molecular weight excluding hydrogens is 462 g/mol. The maximum Gasteiger partial charge on any atom is 0.261 e. The van der Waals surface area contributed by atoms with Gasteiger partial charge in [0.15, 0.2) is 5.13 Å². The first kappa shape index (κ1) is 19.8. The number of anilines is 1. The van der Waals surface area contributed by atoms with Crippen LogP contribution in [-0.2, 0) is 4.74 Å². The molecule has 8 heteroatoms. The molecule has 1 aliphatic rings. The number of nitrogens with zero attached hydrogens (tertiary/aromatic N) is 3. The summed E-state index contributed by atoms with van der Waals surface area (Å²) in [7, 11) is 0. The Kier molecular flexibility index (Phi) is 6.28. The van der Waals surface area contributed by atoms with Crippen LogP contribution in [0, 0.1) is 0 Å². The molecule has 0 atom stereocenters. The molecule has 0 saturated carbocycles. The number of fused-ring (bicyclic) bond motifs is 1. The highest BCUT2D eigenvalue weighted by Crippen LogP contribution is 2.31. The van der Waals surface area contributed by atoms with Crippen molar-refractivity contribution >= 4 is 60.1 Å². The molecule has 0 spiro atoms. The highest BCUT2D eigenvalue weighted by atomic mass is 79.9. The van der Waals surface area contributed by atoms with Crippen molar-refractivity contribution in [1.82, 2.24) is 9.88 Å². The molecule has 0 bridgehead atoms. The standard InChI is InChI=1S/C20H19BrClN3O2S/c21-14-5-6-16(22)15(13-14)19(26)25(8-7-24-9-11-27-12-10-24)20-23-17-3-1-2-4-18(17)28-20/h1-6,13H,7-12H2. The molecule has 1 fully saturated rings. The zero-order valence-corrected chi connectivity index (χ0v) is 18.3. The van der Waals surface area contributed by atoms with Gasteiger partial charge >= 0.3 is 0 Å². The maximum atomic E-state index is 13.4. The topological polar surface area (TPSA) is 45.7 Å². The number of carbonyl (C=O) groups excluding carboxylic acids is 1. The van der Waals surface area contributed by atoms with Crippen LogP contribution < -0.4 is 4.90 Å². The molecule has 1 amide bonds. The molecule has 3 aromatic rings. The van der Waals surface area contributed by atoms with Crippen molar-refractivity contribution in [3.05, 3.63) is 57.5 Å². The SMILES string of the molecule is O=C(c1cc(Br)ccc1Cl)N(CCN1CCOCC1)c1nc2ccccc2s1. The average Bonchev–Trinajstić information content (AvgIpc) is 3.14. The number of amides is 1. The van der Waals surface area contributed by atoms with E-state index in [9.17, 15) is 4.79 Å². The second-order valence-corrected chi connectivity index (χ2v) is 8.83. The quantitative estimate of drug-likeness (QED) is 0.531. The van der Waals surface area contributed by atoms with Crippen LogP contribution in [0.15, 0.2) is 46.9 Å². The minimum atomic E-state index is -0.140. The summed E-state index contributed by atoms with van der Waals surface area (Å²) >= 11 is 11.3. The Morgan fingerprint density at radius 3 is 2.82 bits per heavy atom. The molecule has 0 aliphatic carbocycles. The number of benzene rings is 2. The third kappa shape index (κ3) is 4.39. The van der Waals surface area contributed by atoms with Gasteiger partial charge in [0.25, 0.3) is 5.91 Å². The van der Waals surface area contributed by atoms with Gasteiger partial charge in [0.1, 0.15) is 0 Å². The van der Waals surface area contributed by atoms with Crippen LogP contribution >= 0.6 is 38.9 Å². The van der Waals surface area contributed by atoms with E-state index in [1.54, 1.807) is 17.0 Å². The normalized spacial score (nSPS) is 15.1. The Bertz CT molecular complexity index is 957. The van der Waals surface area contributed by atoms with Crippen molar-refractivity contribution in [2.45, 2.75) is 0 Å². The lowest BCUT2D eigenvalue weighted by Crippen LogP contribution is -2.43. The van der Waals surface area contributed by atoms with Crippen LogP contribution in [0.3, 0.4) is 0 Å². The van der Waals surface area contributed by atoms with Gasteiger partial charge in [0, 0.05) is 30.7 Å². The number of hydrogen-bond acceptors (Lipinski definition) is 5. The lowest BCUT2D eigenvalue weighted by atomic mass is 10.2. The minimum absolute atomic E-state index is 0.140. The number of aromatic nitrogens is 1. The third-order valence-electron chi connectivity index (χ3n) is 4.66. The largest absolute Gasteiger partial charge is 0.379 e. The number of thiazole rings is 1. The molecule has 0 N–H and O–H groups in total. The van der Waals surface area contributed by atoms with E-state index in [2.05, 4.69) is 20.8 Å². The summed E-state index contributed by atoms with van der Waals surface area (Å²) in [5.74, 6) is -0.140. The fraction of sp³-hybridized carbons (Fsp3) is 0.300. The van der Waals surface area contributed by atoms with Crippen molar-refractivity contribution in [3.63, 3.8) is 0 Å². The molecule has 1 aliphatic heterocycles. The van der Waals surface area contributed by atoms with Crippen molar-refractivity contribution in [3.8, 4) is 0 Å². The van der Waals surface area contributed by atoms with Crippen LogP contribution in [-0.4, -0.2) is 55.2 Å². The summed E-state index contributed by atoms with van der Waals surface area (Å²) in [4.78, 5) is 22.2. The molecule has 28 heavy (non-hydrogen) atoms. The number of para-hydroxylation sites is 1. The summed E-state index contributed by atoms with van der Waals surface area (Å²) in [6.45, 7) is 4.51. The van der Waals surface area contributed by atoms with E-state index in [0.29, 0.717) is 22.3 Å². The number of carbonyl (C=O) groups is 1.